The standard InChI is InChI=1S/C13H14FN3S/c1-2-12-16-5-6-17(12)8-10-7-9(13(15)18)3-4-11(10)14/h3-7H,2,8H2,1H3,(H2,15,18). The highest BCUT2D eigenvalue weighted by molar-refractivity contribution is 7.80. The van der Waals surface area contributed by atoms with E-state index < -0.39 is 0 Å². The summed E-state index contributed by atoms with van der Waals surface area (Å²) in [5.41, 5.74) is 6.80. The van der Waals surface area contributed by atoms with Crippen LogP contribution in [0.2, 0.25) is 0 Å². The normalized spacial score (nSPS) is 10.6. The van der Waals surface area contributed by atoms with Crippen LogP contribution in [0.4, 0.5) is 4.39 Å². The Bertz CT molecular complexity index is 577. The molecule has 1 heterocycles. The molecule has 18 heavy (non-hydrogen) atoms. The van der Waals surface area contributed by atoms with E-state index in [9.17, 15) is 4.39 Å². The molecule has 2 N–H and O–H groups in total. The number of aromatic nitrogens is 2. The maximum absolute atomic E-state index is 13.7. The highest BCUT2D eigenvalue weighted by Crippen LogP contribution is 2.13. The van der Waals surface area contributed by atoms with Gasteiger partial charge in [0.05, 0.1) is 6.54 Å². The van der Waals surface area contributed by atoms with Crippen LogP contribution < -0.4 is 5.73 Å². The zero-order valence-electron chi connectivity index (χ0n) is 10.1. The number of thiocarbonyl (C=S) groups is 1. The summed E-state index contributed by atoms with van der Waals surface area (Å²) in [4.78, 5) is 4.48. The third kappa shape index (κ3) is 2.56. The zero-order chi connectivity index (χ0) is 13.1. The lowest BCUT2D eigenvalue weighted by atomic mass is 10.1. The van der Waals surface area contributed by atoms with Gasteiger partial charge in [0.1, 0.15) is 16.6 Å². The Morgan fingerprint density at radius 2 is 2.28 bits per heavy atom. The molecule has 0 fully saturated rings. The fourth-order valence-corrected chi connectivity index (χ4v) is 1.96. The first-order chi connectivity index (χ1) is 8.61. The van der Waals surface area contributed by atoms with Gasteiger partial charge < -0.3 is 10.3 Å². The van der Waals surface area contributed by atoms with E-state index in [1.54, 1.807) is 18.3 Å². The van der Waals surface area contributed by atoms with Crippen molar-refractivity contribution in [1.82, 2.24) is 9.55 Å². The van der Waals surface area contributed by atoms with Gasteiger partial charge in [0.25, 0.3) is 0 Å². The zero-order valence-corrected chi connectivity index (χ0v) is 10.9. The summed E-state index contributed by atoms with van der Waals surface area (Å²) in [6.07, 6.45) is 4.36. The van der Waals surface area contributed by atoms with Crippen LogP contribution in [0.1, 0.15) is 23.9 Å². The van der Waals surface area contributed by atoms with Crippen molar-refractivity contribution in [2.75, 3.05) is 0 Å². The second-order valence-electron chi connectivity index (χ2n) is 4.00. The van der Waals surface area contributed by atoms with Gasteiger partial charge in [-0.3, -0.25) is 0 Å². The molecule has 94 valence electrons. The van der Waals surface area contributed by atoms with Crippen LogP contribution in [0, 0.1) is 5.82 Å². The number of halogens is 1. The molecule has 0 saturated carbocycles. The molecule has 0 radical (unpaired) electrons. The number of rotatable bonds is 4. The van der Waals surface area contributed by atoms with Crippen LogP contribution in [0.15, 0.2) is 30.6 Å². The molecule has 2 aromatic rings. The SMILES string of the molecule is CCc1nccn1Cc1cc(C(N)=S)ccc1F. The molecule has 0 amide bonds. The summed E-state index contributed by atoms with van der Waals surface area (Å²) in [7, 11) is 0. The highest BCUT2D eigenvalue weighted by Gasteiger charge is 2.08. The fraction of sp³-hybridized carbons (Fsp3) is 0.231. The fourth-order valence-electron chi connectivity index (χ4n) is 1.83. The van der Waals surface area contributed by atoms with E-state index in [1.807, 2.05) is 17.7 Å². The number of nitrogens with zero attached hydrogens (tertiary/aromatic N) is 2. The summed E-state index contributed by atoms with van der Waals surface area (Å²) >= 11 is 4.90. The van der Waals surface area contributed by atoms with E-state index >= 15 is 0 Å². The topological polar surface area (TPSA) is 43.8 Å². The first-order valence-corrected chi connectivity index (χ1v) is 6.11. The van der Waals surface area contributed by atoms with Gasteiger partial charge in [-0.25, -0.2) is 9.37 Å². The minimum Gasteiger partial charge on any atom is -0.389 e. The number of imidazole rings is 1. The Morgan fingerprint density at radius 1 is 1.50 bits per heavy atom. The molecule has 0 aliphatic carbocycles. The molecular formula is C13H14FN3S. The van der Waals surface area contributed by atoms with Crippen LogP contribution in [0.25, 0.3) is 0 Å². The van der Waals surface area contributed by atoms with Gasteiger partial charge in [-0.1, -0.05) is 19.1 Å². The summed E-state index contributed by atoms with van der Waals surface area (Å²) in [5.74, 6) is 0.667. The molecule has 0 aliphatic rings. The molecule has 0 bridgehead atoms. The third-order valence-electron chi connectivity index (χ3n) is 2.79. The Balaban J connectivity index is 2.33. The quantitative estimate of drug-likeness (QED) is 0.861. The highest BCUT2D eigenvalue weighted by atomic mass is 32.1. The van der Waals surface area contributed by atoms with Gasteiger partial charge >= 0.3 is 0 Å². The lowest BCUT2D eigenvalue weighted by Crippen LogP contribution is -2.11. The monoisotopic (exact) mass is 263 g/mol. The Hall–Kier alpha value is -1.75. The molecule has 0 spiro atoms. The molecule has 5 heteroatoms. The molecule has 0 aliphatic heterocycles. The summed E-state index contributed by atoms with van der Waals surface area (Å²) in [6.45, 7) is 2.45. The number of hydrogen-bond acceptors (Lipinski definition) is 2. The molecule has 0 saturated heterocycles. The molecule has 0 atom stereocenters. The lowest BCUT2D eigenvalue weighted by Gasteiger charge is -2.09. The van der Waals surface area contributed by atoms with Gasteiger partial charge in [-0.15, -0.1) is 0 Å². The Morgan fingerprint density at radius 3 is 2.94 bits per heavy atom. The minimum atomic E-state index is -0.259. The van der Waals surface area contributed by atoms with Gasteiger partial charge in [-0.05, 0) is 18.2 Å². The largest absolute Gasteiger partial charge is 0.389 e. The van der Waals surface area contributed by atoms with Gasteiger partial charge in [0, 0.05) is 29.9 Å². The van der Waals surface area contributed by atoms with E-state index in [1.165, 1.54) is 6.07 Å². The van der Waals surface area contributed by atoms with E-state index in [4.69, 9.17) is 18.0 Å². The van der Waals surface area contributed by atoms with Crippen molar-refractivity contribution in [2.45, 2.75) is 19.9 Å². The number of nitrogens with two attached hydrogens (primary N) is 1. The average molecular weight is 263 g/mol. The number of benzene rings is 1. The van der Waals surface area contributed by atoms with Crippen molar-refractivity contribution >= 4 is 17.2 Å². The summed E-state index contributed by atoms with van der Waals surface area (Å²) < 4.78 is 15.7. The van der Waals surface area contributed by atoms with Gasteiger partial charge in [0.15, 0.2) is 0 Å². The predicted octanol–water partition coefficient (Wildman–Crippen LogP) is 2.27. The van der Waals surface area contributed by atoms with Crippen molar-refractivity contribution in [2.24, 2.45) is 5.73 Å². The maximum Gasteiger partial charge on any atom is 0.128 e. The van der Waals surface area contributed by atoms with Crippen LogP contribution in [0.3, 0.4) is 0 Å². The molecule has 1 aromatic carbocycles. The molecule has 0 unspecified atom stereocenters. The number of hydrogen-bond donors (Lipinski definition) is 1. The van der Waals surface area contributed by atoms with Crippen LogP contribution in [-0.2, 0) is 13.0 Å². The molecule has 3 nitrogen and oxygen atoms in total. The molecule has 1 aromatic heterocycles. The van der Waals surface area contributed by atoms with Crippen LogP contribution in [-0.4, -0.2) is 14.5 Å². The molecular weight excluding hydrogens is 249 g/mol. The van der Waals surface area contributed by atoms with Crippen molar-refractivity contribution in [1.29, 1.82) is 0 Å². The van der Waals surface area contributed by atoms with E-state index in [0.717, 1.165) is 12.2 Å². The van der Waals surface area contributed by atoms with E-state index in [0.29, 0.717) is 17.7 Å². The van der Waals surface area contributed by atoms with E-state index in [2.05, 4.69) is 4.98 Å². The Labute approximate surface area is 110 Å². The first kappa shape index (κ1) is 12.7. The summed E-state index contributed by atoms with van der Waals surface area (Å²) in [6, 6.07) is 4.68. The van der Waals surface area contributed by atoms with Crippen LogP contribution in [0.5, 0.6) is 0 Å². The van der Waals surface area contributed by atoms with Crippen molar-refractivity contribution in [3.63, 3.8) is 0 Å². The Kier molecular flexibility index (Phi) is 3.72. The predicted molar refractivity (Wildman–Crippen MR) is 73.0 cm³/mol. The first-order valence-electron chi connectivity index (χ1n) is 5.70. The smallest absolute Gasteiger partial charge is 0.128 e. The second kappa shape index (κ2) is 5.27. The average Bonchev–Trinajstić information content (AvgIpc) is 2.79. The van der Waals surface area contributed by atoms with Gasteiger partial charge in [-0.2, -0.15) is 0 Å². The van der Waals surface area contributed by atoms with Gasteiger partial charge in [0.2, 0.25) is 0 Å². The summed E-state index contributed by atoms with van der Waals surface area (Å²) in [5, 5.41) is 0. The third-order valence-corrected chi connectivity index (χ3v) is 3.02. The van der Waals surface area contributed by atoms with Crippen LogP contribution >= 0.6 is 12.2 Å². The van der Waals surface area contributed by atoms with E-state index in [-0.39, 0.29) is 10.8 Å². The van der Waals surface area contributed by atoms with Crippen molar-refractivity contribution < 1.29 is 4.39 Å². The number of aryl methyl sites for hydroxylation is 1. The van der Waals surface area contributed by atoms with Crippen molar-refractivity contribution in [3.05, 3.63) is 53.4 Å². The minimum absolute atomic E-state index is 0.259. The second-order valence-corrected chi connectivity index (χ2v) is 4.44. The lowest BCUT2D eigenvalue weighted by molar-refractivity contribution is 0.594. The molecule has 2 rings (SSSR count). The maximum atomic E-state index is 13.7. The van der Waals surface area contributed by atoms with Crippen molar-refractivity contribution in [3.8, 4) is 0 Å².